The lowest BCUT2D eigenvalue weighted by molar-refractivity contribution is -0.126. The highest BCUT2D eigenvalue weighted by Crippen LogP contribution is 2.20. The number of hydrogen-bond acceptors (Lipinski definition) is 3. The fraction of sp³-hybridized carbons (Fsp3) is 0.263. The van der Waals surface area contributed by atoms with Crippen LogP contribution >= 0.6 is 0 Å². The third kappa shape index (κ3) is 4.68. The van der Waals surface area contributed by atoms with Gasteiger partial charge in [-0.3, -0.25) is 9.78 Å². The molecule has 1 heterocycles. The summed E-state index contributed by atoms with van der Waals surface area (Å²) < 4.78 is 5.37. The summed E-state index contributed by atoms with van der Waals surface area (Å²) >= 11 is 0. The lowest BCUT2D eigenvalue weighted by atomic mass is 10.0. The number of ether oxygens (including phenoxy) is 1. The highest BCUT2D eigenvalue weighted by molar-refractivity contribution is 5.91. The van der Waals surface area contributed by atoms with E-state index in [9.17, 15) is 4.79 Å². The molecule has 23 heavy (non-hydrogen) atoms. The Bertz CT molecular complexity index is 668. The monoisotopic (exact) mass is 310 g/mol. The molecule has 0 spiro atoms. The first-order chi connectivity index (χ1) is 11.1. The fourth-order valence-corrected chi connectivity index (χ4v) is 2.30. The van der Waals surface area contributed by atoms with E-state index in [1.165, 1.54) is 0 Å². The molecule has 0 aliphatic rings. The van der Waals surface area contributed by atoms with Gasteiger partial charge in [0.15, 0.2) is 0 Å². The number of likely N-dealkylation sites (N-methyl/N-ethyl adjacent to an activating group) is 1. The summed E-state index contributed by atoms with van der Waals surface area (Å²) in [4.78, 5) is 18.1. The molecule has 0 saturated heterocycles. The zero-order valence-electron chi connectivity index (χ0n) is 13.8. The Hall–Kier alpha value is -2.62. The van der Waals surface area contributed by atoms with E-state index < -0.39 is 0 Å². The summed E-state index contributed by atoms with van der Waals surface area (Å²) in [6, 6.07) is 11.7. The molecule has 1 unspecified atom stereocenters. The molecule has 4 heteroatoms. The van der Waals surface area contributed by atoms with Crippen molar-refractivity contribution >= 4 is 12.0 Å². The second-order valence-electron chi connectivity index (χ2n) is 5.43. The molecule has 120 valence electrons. The maximum absolute atomic E-state index is 12.3. The van der Waals surface area contributed by atoms with Crippen molar-refractivity contribution in [2.45, 2.75) is 19.4 Å². The summed E-state index contributed by atoms with van der Waals surface area (Å²) in [5.41, 5.74) is 2.00. The Morgan fingerprint density at radius 3 is 2.78 bits per heavy atom. The van der Waals surface area contributed by atoms with Crippen molar-refractivity contribution in [1.82, 2.24) is 9.88 Å². The Balaban J connectivity index is 2.00. The number of pyridine rings is 1. The molecule has 1 atom stereocenters. The second kappa shape index (κ2) is 8.13. The molecule has 0 bridgehead atoms. The number of carbonyl (C=O) groups excluding carboxylic acids is 1. The van der Waals surface area contributed by atoms with Crippen molar-refractivity contribution in [3.63, 3.8) is 0 Å². The van der Waals surface area contributed by atoms with Gasteiger partial charge in [-0.15, -0.1) is 0 Å². The SMILES string of the molecule is COc1ccccc1CC(C)N(C)C(=O)/C=C/c1cccnc1. The Labute approximate surface area is 137 Å². The minimum atomic E-state index is -0.0312. The number of nitrogens with zero attached hydrogens (tertiary/aromatic N) is 2. The van der Waals surface area contributed by atoms with E-state index in [2.05, 4.69) is 4.98 Å². The van der Waals surface area contributed by atoms with E-state index in [1.54, 1.807) is 36.6 Å². The number of methoxy groups -OCH3 is 1. The van der Waals surface area contributed by atoms with Gasteiger partial charge in [-0.2, -0.15) is 0 Å². The van der Waals surface area contributed by atoms with Gasteiger partial charge in [-0.05, 0) is 42.7 Å². The summed E-state index contributed by atoms with van der Waals surface area (Å²) in [6.45, 7) is 2.03. The number of rotatable bonds is 6. The summed E-state index contributed by atoms with van der Waals surface area (Å²) in [5.74, 6) is 0.822. The average Bonchev–Trinajstić information content (AvgIpc) is 2.60. The molecule has 0 N–H and O–H groups in total. The number of amides is 1. The second-order valence-corrected chi connectivity index (χ2v) is 5.43. The van der Waals surface area contributed by atoms with Crippen LogP contribution in [0.3, 0.4) is 0 Å². The van der Waals surface area contributed by atoms with Crippen molar-refractivity contribution in [3.05, 3.63) is 66.0 Å². The minimum absolute atomic E-state index is 0.0312. The topological polar surface area (TPSA) is 42.4 Å². The molecule has 0 aliphatic carbocycles. The first-order valence-corrected chi connectivity index (χ1v) is 7.58. The van der Waals surface area contributed by atoms with E-state index in [1.807, 2.05) is 50.4 Å². The van der Waals surface area contributed by atoms with Crippen LogP contribution in [0.4, 0.5) is 0 Å². The van der Waals surface area contributed by atoms with E-state index >= 15 is 0 Å². The number of benzene rings is 1. The Morgan fingerprint density at radius 1 is 1.30 bits per heavy atom. The van der Waals surface area contributed by atoms with Crippen LogP contribution in [0.2, 0.25) is 0 Å². The zero-order chi connectivity index (χ0) is 16.7. The molecule has 0 fully saturated rings. The van der Waals surface area contributed by atoms with Gasteiger partial charge in [0.05, 0.1) is 7.11 Å². The van der Waals surface area contributed by atoms with Crippen LogP contribution in [0.15, 0.2) is 54.9 Å². The maximum Gasteiger partial charge on any atom is 0.246 e. The molecule has 2 rings (SSSR count). The van der Waals surface area contributed by atoms with Gasteiger partial charge in [-0.25, -0.2) is 0 Å². The lowest BCUT2D eigenvalue weighted by Gasteiger charge is -2.24. The molecule has 1 aromatic heterocycles. The van der Waals surface area contributed by atoms with Gasteiger partial charge in [-0.1, -0.05) is 24.3 Å². The van der Waals surface area contributed by atoms with Crippen LogP contribution in [0.25, 0.3) is 6.08 Å². The zero-order valence-corrected chi connectivity index (χ0v) is 13.8. The van der Waals surface area contributed by atoms with E-state index in [0.717, 1.165) is 23.3 Å². The van der Waals surface area contributed by atoms with E-state index in [4.69, 9.17) is 4.74 Å². The number of carbonyl (C=O) groups is 1. The smallest absolute Gasteiger partial charge is 0.246 e. The van der Waals surface area contributed by atoms with Gasteiger partial charge >= 0.3 is 0 Å². The predicted octanol–water partition coefficient (Wildman–Crippen LogP) is 3.19. The minimum Gasteiger partial charge on any atom is -0.496 e. The molecule has 0 aliphatic heterocycles. The average molecular weight is 310 g/mol. The van der Waals surface area contributed by atoms with Gasteiger partial charge in [0, 0.05) is 31.6 Å². The summed E-state index contributed by atoms with van der Waals surface area (Å²) in [7, 11) is 3.48. The molecular formula is C19H22N2O2. The molecule has 0 radical (unpaired) electrons. The number of hydrogen-bond donors (Lipinski definition) is 0. The van der Waals surface area contributed by atoms with Gasteiger partial charge in [0.1, 0.15) is 5.75 Å². The van der Waals surface area contributed by atoms with Crippen LogP contribution in [-0.4, -0.2) is 36.0 Å². The molecular weight excluding hydrogens is 288 g/mol. The van der Waals surface area contributed by atoms with Crippen LogP contribution in [0.5, 0.6) is 5.75 Å². The van der Waals surface area contributed by atoms with Gasteiger partial charge in [0.25, 0.3) is 0 Å². The molecule has 1 amide bonds. The normalized spacial score (nSPS) is 12.1. The van der Waals surface area contributed by atoms with E-state index in [-0.39, 0.29) is 11.9 Å². The first kappa shape index (κ1) is 16.7. The van der Waals surface area contributed by atoms with Crippen molar-refractivity contribution in [2.75, 3.05) is 14.2 Å². The molecule has 2 aromatic rings. The Morgan fingerprint density at radius 2 is 2.09 bits per heavy atom. The number of para-hydroxylation sites is 1. The largest absolute Gasteiger partial charge is 0.496 e. The van der Waals surface area contributed by atoms with Crippen molar-refractivity contribution in [2.24, 2.45) is 0 Å². The summed E-state index contributed by atoms with van der Waals surface area (Å²) in [5, 5.41) is 0. The van der Waals surface area contributed by atoms with Gasteiger partial charge in [0.2, 0.25) is 5.91 Å². The highest BCUT2D eigenvalue weighted by atomic mass is 16.5. The van der Waals surface area contributed by atoms with Gasteiger partial charge < -0.3 is 9.64 Å². The van der Waals surface area contributed by atoms with E-state index in [0.29, 0.717) is 0 Å². The molecule has 4 nitrogen and oxygen atoms in total. The number of aromatic nitrogens is 1. The van der Waals surface area contributed by atoms with Crippen LogP contribution in [0, 0.1) is 0 Å². The summed E-state index contributed by atoms with van der Waals surface area (Å²) in [6.07, 6.45) is 7.53. The standard InChI is InChI=1S/C19H22N2O2/c1-15(13-17-8-4-5-9-18(17)23-3)21(2)19(22)11-10-16-7-6-12-20-14-16/h4-12,14-15H,13H2,1-3H3/b11-10+. The quantitative estimate of drug-likeness (QED) is 0.770. The molecule has 1 aromatic carbocycles. The third-order valence-electron chi connectivity index (χ3n) is 3.82. The fourth-order valence-electron chi connectivity index (χ4n) is 2.30. The van der Waals surface area contributed by atoms with Crippen LogP contribution in [-0.2, 0) is 11.2 Å². The van der Waals surface area contributed by atoms with Crippen molar-refractivity contribution in [3.8, 4) is 5.75 Å². The molecule has 0 saturated carbocycles. The van der Waals surface area contributed by atoms with Crippen LogP contribution < -0.4 is 4.74 Å². The third-order valence-corrected chi connectivity index (χ3v) is 3.82. The van der Waals surface area contributed by atoms with Crippen molar-refractivity contribution < 1.29 is 9.53 Å². The highest BCUT2D eigenvalue weighted by Gasteiger charge is 2.15. The maximum atomic E-state index is 12.3. The Kier molecular flexibility index (Phi) is 5.92. The van der Waals surface area contributed by atoms with Crippen molar-refractivity contribution in [1.29, 1.82) is 0 Å². The lowest BCUT2D eigenvalue weighted by Crippen LogP contribution is -2.35. The first-order valence-electron chi connectivity index (χ1n) is 7.58. The van der Waals surface area contributed by atoms with Crippen LogP contribution in [0.1, 0.15) is 18.1 Å². The predicted molar refractivity (Wildman–Crippen MR) is 92.2 cm³/mol.